The van der Waals surface area contributed by atoms with Crippen LogP contribution in [0.5, 0.6) is 11.5 Å². The number of pyridine rings is 1. The summed E-state index contributed by atoms with van der Waals surface area (Å²) in [5, 5.41) is 3.82. The third-order valence-corrected chi connectivity index (χ3v) is 7.09. The van der Waals surface area contributed by atoms with Crippen molar-refractivity contribution in [3.63, 3.8) is 0 Å². The monoisotopic (exact) mass is 452 g/mol. The number of hydrogen-bond donors (Lipinski definition) is 0. The number of nitrogens with zero attached hydrogens (tertiary/aromatic N) is 1. The lowest BCUT2D eigenvalue weighted by Gasteiger charge is -2.28. The molecule has 4 aromatic rings. The Morgan fingerprint density at radius 1 is 0.853 bits per heavy atom. The third kappa shape index (κ3) is 3.78. The van der Waals surface area contributed by atoms with Crippen molar-refractivity contribution in [3.8, 4) is 22.8 Å². The zero-order chi connectivity index (χ0) is 24.6. The number of aryl methyl sites for hydroxylation is 2. The van der Waals surface area contributed by atoms with Crippen LogP contribution in [0.1, 0.15) is 63.8 Å². The van der Waals surface area contributed by atoms with E-state index >= 15 is 0 Å². The summed E-state index contributed by atoms with van der Waals surface area (Å²) in [5.74, 6) is 2.04. The lowest BCUT2D eigenvalue weighted by atomic mass is 9.82. The van der Waals surface area contributed by atoms with E-state index in [-0.39, 0.29) is 10.8 Å². The Hall–Kier alpha value is -2.87. The highest BCUT2D eigenvalue weighted by Crippen LogP contribution is 2.51. The molecule has 0 aliphatic carbocycles. The minimum absolute atomic E-state index is 0.144. The molecule has 0 spiro atoms. The van der Waals surface area contributed by atoms with E-state index in [0.717, 1.165) is 24.3 Å². The van der Waals surface area contributed by atoms with Crippen LogP contribution in [0, 0.1) is 24.7 Å². The standard InChI is InChI=1S/C32H38NO/c1-19-14-22-15-21(17-31(3,4)5)16-26-28(22)27(20(19)2)29-30(34-26)24(18-32(6,7)8)23-12-10-11-13-25(23)33(29)9/h10-16H,17-18H2,1-9H3/q+1. The summed E-state index contributed by atoms with van der Waals surface area (Å²) < 4.78 is 9.30. The quantitative estimate of drug-likeness (QED) is 0.245. The highest BCUT2D eigenvalue weighted by Gasteiger charge is 2.35. The zero-order valence-electron chi connectivity index (χ0n) is 22.3. The summed E-state index contributed by atoms with van der Waals surface area (Å²) >= 11 is 0. The van der Waals surface area contributed by atoms with Crippen LogP contribution in [0.25, 0.3) is 32.9 Å². The van der Waals surface area contributed by atoms with Gasteiger partial charge in [0.2, 0.25) is 11.3 Å². The second-order valence-electron chi connectivity index (χ2n) is 12.7. The summed E-state index contributed by atoms with van der Waals surface area (Å²) in [4.78, 5) is 0. The fourth-order valence-electron chi connectivity index (χ4n) is 5.66. The van der Waals surface area contributed by atoms with Crippen LogP contribution in [0.15, 0.2) is 42.5 Å². The lowest BCUT2D eigenvalue weighted by molar-refractivity contribution is -0.633. The van der Waals surface area contributed by atoms with Gasteiger partial charge in [-0.2, -0.15) is 4.57 Å². The molecule has 0 saturated heterocycles. The van der Waals surface area contributed by atoms with Crippen molar-refractivity contribution in [3.05, 3.63) is 64.7 Å². The number of aromatic nitrogens is 1. The van der Waals surface area contributed by atoms with Gasteiger partial charge in [-0.1, -0.05) is 65.8 Å². The lowest BCUT2D eigenvalue weighted by Crippen LogP contribution is -2.35. The molecule has 0 bridgehead atoms. The van der Waals surface area contributed by atoms with E-state index < -0.39 is 0 Å². The molecule has 0 atom stereocenters. The molecule has 0 fully saturated rings. The average molecular weight is 453 g/mol. The second-order valence-corrected chi connectivity index (χ2v) is 12.7. The van der Waals surface area contributed by atoms with Crippen LogP contribution in [0.4, 0.5) is 0 Å². The summed E-state index contributed by atoms with van der Waals surface area (Å²) in [5.41, 5.74) is 9.49. The number of rotatable bonds is 2. The summed E-state index contributed by atoms with van der Waals surface area (Å²) in [6.07, 6.45) is 1.98. The van der Waals surface area contributed by atoms with E-state index in [4.69, 9.17) is 4.74 Å². The molecule has 5 rings (SSSR count). The molecule has 2 heteroatoms. The van der Waals surface area contributed by atoms with Crippen molar-refractivity contribution >= 4 is 21.7 Å². The van der Waals surface area contributed by atoms with E-state index in [2.05, 4.69) is 109 Å². The van der Waals surface area contributed by atoms with Crippen molar-refractivity contribution in [2.75, 3.05) is 0 Å². The minimum atomic E-state index is 0.144. The van der Waals surface area contributed by atoms with Gasteiger partial charge < -0.3 is 4.74 Å². The van der Waals surface area contributed by atoms with Crippen LogP contribution in [-0.2, 0) is 19.9 Å². The van der Waals surface area contributed by atoms with E-state index in [1.165, 1.54) is 55.2 Å². The van der Waals surface area contributed by atoms with Gasteiger partial charge in [0.05, 0.1) is 10.9 Å². The highest BCUT2D eigenvalue weighted by molar-refractivity contribution is 6.06. The van der Waals surface area contributed by atoms with Crippen LogP contribution >= 0.6 is 0 Å². The first kappa shape index (κ1) is 22.9. The van der Waals surface area contributed by atoms with Crippen LogP contribution in [0.3, 0.4) is 0 Å². The molecule has 2 nitrogen and oxygen atoms in total. The van der Waals surface area contributed by atoms with Gasteiger partial charge >= 0.3 is 0 Å². The first-order chi connectivity index (χ1) is 15.8. The van der Waals surface area contributed by atoms with Gasteiger partial charge in [-0.05, 0) is 71.7 Å². The van der Waals surface area contributed by atoms with Crippen LogP contribution < -0.4 is 9.30 Å². The number of para-hydroxylation sites is 1. The van der Waals surface area contributed by atoms with Gasteiger partial charge in [0.15, 0.2) is 0 Å². The molecule has 34 heavy (non-hydrogen) atoms. The highest BCUT2D eigenvalue weighted by atomic mass is 16.5. The molecule has 0 saturated carbocycles. The van der Waals surface area contributed by atoms with Crippen molar-refractivity contribution in [1.29, 1.82) is 0 Å². The molecule has 0 amide bonds. The molecular weight excluding hydrogens is 414 g/mol. The Morgan fingerprint density at radius 3 is 2.21 bits per heavy atom. The van der Waals surface area contributed by atoms with E-state index in [9.17, 15) is 0 Å². The van der Waals surface area contributed by atoms with Gasteiger partial charge in [0, 0.05) is 17.0 Å². The van der Waals surface area contributed by atoms with Crippen molar-refractivity contribution in [2.24, 2.45) is 17.9 Å². The van der Waals surface area contributed by atoms with Gasteiger partial charge in [0.25, 0.3) is 5.69 Å². The first-order valence-corrected chi connectivity index (χ1v) is 12.5. The number of hydrogen-bond acceptors (Lipinski definition) is 1. The molecule has 1 aliphatic rings. The van der Waals surface area contributed by atoms with E-state index in [1.54, 1.807) is 0 Å². The predicted octanol–water partition coefficient (Wildman–Crippen LogP) is 8.38. The molecule has 0 unspecified atom stereocenters. The smallest absolute Gasteiger partial charge is 0.257 e. The molecule has 1 aliphatic heterocycles. The maximum Gasteiger partial charge on any atom is 0.257 e. The van der Waals surface area contributed by atoms with Crippen LogP contribution in [0.2, 0.25) is 0 Å². The SMILES string of the molecule is Cc1cc2cc(CC(C)(C)C)cc3c2c(c1C)-c1c(c(CC(C)(C)C)c2ccccc2[n+]1C)O3. The normalized spacial score (nSPS) is 13.3. The van der Waals surface area contributed by atoms with Crippen molar-refractivity contribution in [2.45, 2.75) is 68.2 Å². The number of ether oxygens (including phenoxy) is 1. The molecule has 0 N–H and O–H groups in total. The molecular formula is C32H38NO+. The minimum Gasteiger partial charge on any atom is -0.449 e. The predicted molar refractivity (Wildman–Crippen MR) is 144 cm³/mol. The van der Waals surface area contributed by atoms with Crippen LogP contribution in [-0.4, -0.2) is 0 Å². The molecule has 1 aromatic heterocycles. The zero-order valence-corrected chi connectivity index (χ0v) is 22.3. The largest absolute Gasteiger partial charge is 0.449 e. The Labute approximate surface area is 204 Å². The fourth-order valence-corrected chi connectivity index (χ4v) is 5.66. The Balaban J connectivity index is 1.92. The third-order valence-electron chi connectivity index (χ3n) is 7.09. The summed E-state index contributed by atoms with van der Waals surface area (Å²) in [7, 11) is 2.19. The summed E-state index contributed by atoms with van der Waals surface area (Å²) in [6, 6.07) is 15.8. The fraction of sp³-hybridized carbons (Fsp3) is 0.406. The summed E-state index contributed by atoms with van der Waals surface area (Å²) in [6.45, 7) is 18.4. The van der Waals surface area contributed by atoms with Gasteiger partial charge in [-0.3, -0.25) is 0 Å². The van der Waals surface area contributed by atoms with Gasteiger partial charge in [0.1, 0.15) is 12.8 Å². The average Bonchev–Trinajstić information content (AvgIpc) is 2.72. The molecule has 0 radical (unpaired) electrons. The van der Waals surface area contributed by atoms with Gasteiger partial charge in [-0.25, -0.2) is 0 Å². The Kier molecular flexibility index (Phi) is 5.10. The molecule has 3 aromatic carbocycles. The number of fused-ring (bicyclic) bond motifs is 3. The van der Waals surface area contributed by atoms with Gasteiger partial charge in [-0.15, -0.1) is 0 Å². The van der Waals surface area contributed by atoms with E-state index in [1.807, 2.05) is 0 Å². The molecule has 176 valence electrons. The Morgan fingerprint density at radius 2 is 1.53 bits per heavy atom. The Bertz CT molecular complexity index is 1460. The number of benzene rings is 3. The maximum absolute atomic E-state index is 6.94. The topological polar surface area (TPSA) is 13.1 Å². The van der Waals surface area contributed by atoms with Crippen molar-refractivity contribution < 1.29 is 9.30 Å². The second kappa shape index (κ2) is 7.57. The van der Waals surface area contributed by atoms with Crippen molar-refractivity contribution in [1.82, 2.24) is 0 Å². The molecule has 2 heterocycles. The maximum atomic E-state index is 6.94. The first-order valence-electron chi connectivity index (χ1n) is 12.5. The van der Waals surface area contributed by atoms with E-state index in [0.29, 0.717) is 0 Å².